The first kappa shape index (κ1) is 11.9. The molecule has 0 aliphatic rings. The Morgan fingerprint density at radius 3 is 2.42 bits per heavy atom. The molecular formula is C10H22O2. The summed E-state index contributed by atoms with van der Waals surface area (Å²) in [5.74, 6) is 0.823. The van der Waals surface area contributed by atoms with Crippen LogP contribution in [0, 0.1) is 5.92 Å². The molecule has 0 aliphatic heterocycles. The van der Waals surface area contributed by atoms with Crippen LogP contribution >= 0.6 is 0 Å². The van der Waals surface area contributed by atoms with Gasteiger partial charge >= 0.3 is 0 Å². The summed E-state index contributed by atoms with van der Waals surface area (Å²) in [6, 6.07) is 0. The normalized spacial score (nSPS) is 11.0. The van der Waals surface area contributed by atoms with Crippen molar-refractivity contribution in [2.75, 3.05) is 19.8 Å². The smallest absolute Gasteiger partial charge is 0.0697 e. The lowest BCUT2D eigenvalue weighted by Crippen LogP contribution is -2.00. The predicted molar refractivity (Wildman–Crippen MR) is 51.2 cm³/mol. The van der Waals surface area contributed by atoms with Crippen LogP contribution in [0.25, 0.3) is 0 Å². The van der Waals surface area contributed by atoms with Crippen LogP contribution in [0.15, 0.2) is 0 Å². The molecule has 0 aromatic rings. The number of aliphatic hydroxyl groups excluding tert-OH is 1. The van der Waals surface area contributed by atoms with E-state index in [1.54, 1.807) is 0 Å². The Labute approximate surface area is 75.9 Å². The van der Waals surface area contributed by atoms with Crippen molar-refractivity contribution in [2.24, 2.45) is 5.92 Å². The maximum absolute atomic E-state index is 8.42. The topological polar surface area (TPSA) is 29.5 Å². The molecule has 0 radical (unpaired) electrons. The van der Waals surface area contributed by atoms with Crippen LogP contribution in [-0.4, -0.2) is 24.9 Å². The quantitative estimate of drug-likeness (QED) is 0.572. The molecule has 0 atom stereocenters. The van der Waals surface area contributed by atoms with Crippen molar-refractivity contribution in [3.8, 4) is 0 Å². The molecule has 0 saturated carbocycles. The van der Waals surface area contributed by atoms with Gasteiger partial charge in [-0.15, -0.1) is 0 Å². The summed E-state index contributed by atoms with van der Waals surface area (Å²) < 4.78 is 5.14. The van der Waals surface area contributed by atoms with E-state index in [1.165, 1.54) is 19.3 Å². The summed E-state index contributed by atoms with van der Waals surface area (Å²) in [7, 11) is 0. The fourth-order valence-corrected chi connectivity index (χ4v) is 1.10. The molecule has 0 unspecified atom stereocenters. The Balaban J connectivity index is 2.82. The Kier molecular flexibility index (Phi) is 8.95. The molecule has 0 rings (SSSR count). The largest absolute Gasteiger partial charge is 0.394 e. The van der Waals surface area contributed by atoms with Gasteiger partial charge in [-0.1, -0.05) is 33.1 Å². The molecule has 1 N–H and O–H groups in total. The minimum Gasteiger partial charge on any atom is -0.394 e. The highest BCUT2D eigenvalue weighted by molar-refractivity contribution is 4.46. The lowest BCUT2D eigenvalue weighted by molar-refractivity contribution is 0.0894. The molecule has 2 heteroatoms. The van der Waals surface area contributed by atoms with E-state index in [1.807, 2.05) is 0 Å². The maximum Gasteiger partial charge on any atom is 0.0697 e. The minimum absolute atomic E-state index is 0.145. The zero-order valence-electron chi connectivity index (χ0n) is 8.38. The Bertz CT molecular complexity index is 81.9. The molecule has 0 amide bonds. The van der Waals surface area contributed by atoms with Crippen LogP contribution in [0.4, 0.5) is 0 Å². The number of hydrogen-bond donors (Lipinski definition) is 1. The molecule has 0 aromatic heterocycles. The van der Waals surface area contributed by atoms with Gasteiger partial charge in [0, 0.05) is 6.61 Å². The van der Waals surface area contributed by atoms with Gasteiger partial charge in [-0.3, -0.25) is 0 Å². The third-order valence-electron chi connectivity index (χ3n) is 1.81. The van der Waals surface area contributed by atoms with Crippen molar-refractivity contribution in [2.45, 2.75) is 39.5 Å². The zero-order chi connectivity index (χ0) is 9.23. The molecule has 0 aromatic carbocycles. The van der Waals surface area contributed by atoms with Gasteiger partial charge in [0.15, 0.2) is 0 Å². The van der Waals surface area contributed by atoms with Crippen molar-refractivity contribution in [3.05, 3.63) is 0 Å². The van der Waals surface area contributed by atoms with E-state index in [9.17, 15) is 0 Å². The highest BCUT2D eigenvalue weighted by atomic mass is 16.5. The molecule has 0 aliphatic carbocycles. The number of ether oxygens (including phenoxy) is 1. The average molecular weight is 174 g/mol. The Morgan fingerprint density at radius 1 is 1.08 bits per heavy atom. The molecule has 2 nitrogen and oxygen atoms in total. The van der Waals surface area contributed by atoms with E-state index >= 15 is 0 Å². The van der Waals surface area contributed by atoms with Gasteiger partial charge in [0.25, 0.3) is 0 Å². The lowest BCUT2D eigenvalue weighted by atomic mass is 10.1. The summed E-state index contributed by atoms with van der Waals surface area (Å²) in [4.78, 5) is 0. The first-order chi connectivity index (χ1) is 5.77. The molecule has 0 heterocycles. The van der Waals surface area contributed by atoms with E-state index in [0.29, 0.717) is 6.61 Å². The Morgan fingerprint density at radius 2 is 1.83 bits per heavy atom. The highest BCUT2D eigenvalue weighted by Gasteiger charge is 1.93. The summed E-state index contributed by atoms with van der Waals surface area (Å²) in [6.45, 7) is 5.94. The van der Waals surface area contributed by atoms with Gasteiger partial charge in [0.2, 0.25) is 0 Å². The molecule has 0 saturated heterocycles. The molecule has 0 fully saturated rings. The van der Waals surface area contributed by atoms with Crippen molar-refractivity contribution >= 4 is 0 Å². The maximum atomic E-state index is 8.42. The molecular weight excluding hydrogens is 152 g/mol. The first-order valence-electron chi connectivity index (χ1n) is 4.96. The molecule has 74 valence electrons. The standard InChI is InChI=1S/C10H22O2/c1-10(2)6-4-3-5-8-12-9-7-11/h10-11H,3-9H2,1-2H3. The van der Waals surface area contributed by atoms with Crippen LogP contribution in [0.1, 0.15) is 39.5 Å². The van der Waals surface area contributed by atoms with Crippen LogP contribution in [0.2, 0.25) is 0 Å². The zero-order valence-corrected chi connectivity index (χ0v) is 8.38. The third kappa shape index (κ3) is 9.92. The second kappa shape index (κ2) is 9.01. The summed E-state index contributed by atoms with van der Waals surface area (Å²) >= 11 is 0. The monoisotopic (exact) mass is 174 g/mol. The first-order valence-corrected chi connectivity index (χ1v) is 4.96. The van der Waals surface area contributed by atoms with Crippen molar-refractivity contribution < 1.29 is 9.84 Å². The van der Waals surface area contributed by atoms with Crippen molar-refractivity contribution in [1.29, 1.82) is 0 Å². The SMILES string of the molecule is CC(C)CCCCCOCCO. The second-order valence-electron chi connectivity index (χ2n) is 3.58. The molecule has 0 spiro atoms. The minimum atomic E-state index is 0.145. The number of aliphatic hydroxyl groups is 1. The number of rotatable bonds is 8. The van der Waals surface area contributed by atoms with Gasteiger partial charge in [0.1, 0.15) is 0 Å². The molecule has 0 bridgehead atoms. The van der Waals surface area contributed by atoms with E-state index < -0.39 is 0 Å². The summed E-state index contributed by atoms with van der Waals surface area (Å²) in [5, 5.41) is 8.42. The Hall–Kier alpha value is -0.0800. The van der Waals surface area contributed by atoms with Crippen LogP contribution < -0.4 is 0 Å². The lowest BCUT2D eigenvalue weighted by Gasteiger charge is -2.04. The van der Waals surface area contributed by atoms with Gasteiger partial charge in [0.05, 0.1) is 13.2 Å². The van der Waals surface area contributed by atoms with Crippen molar-refractivity contribution in [1.82, 2.24) is 0 Å². The number of hydrogen-bond acceptors (Lipinski definition) is 2. The fourth-order valence-electron chi connectivity index (χ4n) is 1.10. The van der Waals surface area contributed by atoms with Gasteiger partial charge in [-0.2, -0.15) is 0 Å². The van der Waals surface area contributed by atoms with Crippen LogP contribution in [0.3, 0.4) is 0 Å². The number of unbranched alkanes of at least 4 members (excludes halogenated alkanes) is 2. The van der Waals surface area contributed by atoms with Crippen LogP contribution in [0.5, 0.6) is 0 Å². The second-order valence-corrected chi connectivity index (χ2v) is 3.58. The predicted octanol–water partition coefficient (Wildman–Crippen LogP) is 2.21. The summed E-state index contributed by atoms with van der Waals surface area (Å²) in [6.07, 6.45) is 5.01. The van der Waals surface area contributed by atoms with Gasteiger partial charge in [-0.05, 0) is 12.3 Å². The van der Waals surface area contributed by atoms with E-state index in [4.69, 9.17) is 9.84 Å². The average Bonchev–Trinajstić information content (AvgIpc) is 2.02. The van der Waals surface area contributed by atoms with E-state index in [2.05, 4.69) is 13.8 Å². The van der Waals surface area contributed by atoms with Crippen LogP contribution in [-0.2, 0) is 4.74 Å². The molecule has 12 heavy (non-hydrogen) atoms. The van der Waals surface area contributed by atoms with Gasteiger partial charge in [-0.25, -0.2) is 0 Å². The third-order valence-corrected chi connectivity index (χ3v) is 1.81. The van der Waals surface area contributed by atoms with Gasteiger partial charge < -0.3 is 9.84 Å². The van der Waals surface area contributed by atoms with E-state index in [-0.39, 0.29) is 6.61 Å². The van der Waals surface area contributed by atoms with Crippen molar-refractivity contribution in [3.63, 3.8) is 0 Å². The fraction of sp³-hybridized carbons (Fsp3) is 1.00. The summed E-state index contributed by atoms with van der Waals surface area (Å²) in [5.41, 5.74) is 0. The van der Waals surface area contributed by atoms with E-state index in [0.717, 1.165) is 18.9 Å². The highest BCUT2D eigenvalue weighted by Crippen LogP contribution is 2.07.